The van der Waals surface area contributed by atoms with Crippen LogP contribution >= 0.6 is 0 Å². The van der Waals surface area contributed by atoms with Crippen LogP contribution in [-0.2, 0) is 18.0 Å². The molecular weight excluding hydrogens is 225 g/mol. The fourth-order valence-electron chi connectivity index (χ4n) is 1.51. The molecule has 1 N–H and O–H groups in total. The van der Waals surface area contributed by atoms with Crippen molar-refractivity contribution in [3.05, 3.63) is 17.5 Å². The second-order valence-corrected chi connectivity index (χ2v) is 3.40. The van der Waals surface area contributed by atoms with E-state index in [0.29, 0.717) is 0 Å². The van der Waals surface area contributed by atoms with E-state index >= 15 is 0 Å². The van der Waals surface area contributed by atoms with Gasteiger partial charge in [-0.25, -0.2) is 0 Å². The molecule has 1 aromatic heterocycles. The zero-order valence-electron chi connectivity index (χ0n) is 8.75. The minimum atomic E-state index is -4.63. The first kappa shape index (κ1) is 12.5. The molecule has 1 unspecified atom stereocenters. The Bertz CT molecular complexity index is 398. The van der Waals surface area contributed by atoms with Crippen molar-refractivity contribution in [1.82, 2.24) is 9.78 Å². The van der Waals surface area contributed by atoms with Gasteiger partial charge in [0, 0.05) is 18.8 Å². The van der Waals surface area contributed by atoms with Crippen molar-refractivity contribution in [2.75, 3.05) is 0 Å². The maximum Gasteiger partial charge on any atom is 0.435 e. The number of carboxylic acids is 1. The average molecular weight is 236 g/mol. The Morgan fingerprint density at radius 1 is 1.62 bits per heavy atom. The minimum Gasteiger partial charge on any atom is -0.481 e. The third kappa shape index (κ3) is 2.34. The minimum absolute atomic E-state index is 0.0874. The second-order valence-electron chi connectivity index (χ2n) is 3.40. The number of hydrogen-bond donors (Lipinski definition) is 1. The van der Waals surface area contributed by atoms with E-state index in [0.717, 1.165) is 10.9 Å². The first-order valence-corrected chi connectivity index (χ1v) is 4.61. The molecule has 0 aliphatic heterocycles. The van der Waals surface area contributed by atoms with Crippen molar-refractivity contribution in [1.29, 1.82) is 0 Å². The van der Waals surface area contributed by atoms with E-state index in [1.54, 1.807) is 0 Å². The van der Waals surface area contributed by atoms with Crippen LogP contribution in [0.4, 0.5) is 13.2 Å². The molecule has 0 fully saturated rings. The summed E-state index contributed by atoms with van der Waals surface area (Å²) in [6, 6.07) is 0. The summed E-state index contributed by atoms with van der Waals surface area (Å²) in [4.78, 5) is 10.8. The van der Waals surface area contributed by atoms with Gasteiger partial charge in [-0.15, -0.1) is 0 Å². The Labute approximate surface area is 89.7 Å². The molecule has 90 valence electrons. The molecule has 0 aromatic carbocycles. The zero-order chi connectivity index (χ0) is 12.5. The summed E-state index contributed by atoms with van der Waals surface area (Å²) < 4.78 is 38.6. The van der Waals surface area contributed by atoms with Crippen LogP contribution in [0.25, 0.3) is 0 Å². The Kier molecular flexibility index (Phi) is 3.25. The zero-order valence-corrected chi connectivity index (χ0v) is 8.75. The Hall–Kier alpha value is -1.53. The third-order valence-electron chi connectivity index (χ3n) is 2.21. The highest BCUT2D eigenvalue weighted by atomic mass is 19.4. The van der Waals surface area contributed by atoms with Gasteiger partial charge in [0.15, 0.2) is 5.69 Å². The van der Waals surface area contributed by atoms with Gasteiger partial charge in [0.25, 0.3) is 0 Å². The van der Waals surface area contributed by atoms with Crippen LogP contribution in [0.1, 0.15) is 30.5 Å². The maximum atomic E-state index is 12.6. The first-order chi connectivity index (χ1) is 7.27. The lowest BCUT2D eigenvalue weighted by Crippen LogP contribution is -2.16. The van der Waals surface area contributed by atoms with E-state index in [-0.39, 0.29) is 12.0 Å². The van der Waals surface area contributed by atoms with Gasteiger partial charge in [0.2, 0.25) is 0 Å². The summed E-state index contributed by atoms with van der Waals surface area (Å²) in [5, 5.41) is 12.1. The highest BCUT2D eigenvalue weighted by Crippen LogP contribution is 2.35. The molecule has 0 radical (unpaired) electrons. The number of aryl methyl sites for hydroxylation is 1. The number of carboxylic acid groups (broad SMARTS) is 1. The molecule has 0 aliphatic rings. The van der Waals surface area contributed by atoms with E-state index in [1.165, 1.54) is 14.0 Å². The number of alkyl halides is 3. The number of nitrogens with zero attached hydrogens (tertiary/aromatic N) is 2. The van der Waals surface area contributed by atoms with Gasteiger partial charge in [-0.05, 0) is 6.42 Å². The van der Waals surface area contributed by atoms with Crippen molar-refractivity contribution in [2.24, 2.45) is 7.05 Å². The summed E-state index contributed by atoms with van der Waals surface area (Å²) >= 11 is 0. The summed E-state index contributed by atoms with van der Waals surface area (Å²) in [6.45, 7) is 1.52. The fourth-order valence-corrected chi connectivity index (χ4v) is 1.51. The Morgan fingerprint density at radius 3 is 2.56 bits per heavy atom. The topological polar surface area (TPSA) is 55.1 Å². The summed E-state index contributed by atoms with van der Waals surface area (Å²) in [6.07, 6.45) is -3.44. The van der Waals surface area contributed by atoms with Gasteiger partial charge in [-0.2, -0.15) is 18.3 Å². The van der Waals surface area contributed by atoms with E-state index < -0.39 is 23.8 Å². The fraction of sp³-hybridized carbons (Fsp3) is 0.556. The lowest BCUT2D eigenvalue weighted by molar-refractivity contribution is -0.143. The summed E-state index contributed by atoms with van der Waals surface area (Å²) in [5.74, 6) is -2.45. The first-order valence-electron chi connectivity index (χ1n) is 4.61. The smallest absolute Gasteiger partial charge is 0.435 e. The highest BCUT2D eigenvalue weighted by molar-refractivity contribution is 5.76. The van der Waals surface area contributed by atoms with Crippen molar-refractivity contribution in [2.45, 2.75) is 25.4 Å². The summed E-state index contributed by atoms with van der Waals surface area (Å²) in [5.41, 5.74) is -1.41. The number of aromatic nitrogens is 2. The molecule has 0 saturated carbocycles. The largest absolute Gasteiger partial charge is 0.481 e. The van der Waals surface area contributed by atoms with E-state index in [1.807, 2.05) is 0 Å². The highest BCUT2D eigenvalue weighted by Gasteiger charge is 2.39. The van der Waals surface area contributed by atoms with Crippen LogP contribution in [-0.4, -0.2) is 20.9 Å². The average Bonchev–Trinajstić information content (AvgIpc) is 2.47. The molecule has 0 spiro atoms. The Balaban J connectivity index is 3.27. The van der Waals surface area contributed by atoms with Gasteiger partial charge in [0.05, 0.1) is 5.92 Å². The van der Waals surface area contributed by atoms with Gasteiger partial charge in [-0.1, -0.05) is 6.92 Å². The molecule has 0 saturated heterocycles. The van der Waals surface area contributed by atoms with Crippen molar-refractivity contribution in [3.63, 3.8) is 0 Å². The standard InChI is InChI=1S/C9H11F3N2O2/c1-3-5(8(15)16)6-4-14(2)13-7(6)9(10,11)12/h4-5H,3H2,1-2H3,(H,15,16). The molecule has 1 aromatic rings. The molecular formula is C9H11F3N2O2. The van der Waals surface area contributed by atoms with Crippen molar-refractivity contribution >= 4 is 5.97 Å². The van der Waals surface area contributed by atoms with Gasteiger partial charge < -0.3 is 5.11 Å². The molecule has 4 nitrogen and oxygen atoms in total. The number of aliphatic carboxylic acids is 1. The lowest BCUT2D eigenvalue weighted by atomic mass is 9.97. The van der Waals surface area contributed by atoms with E-state index in [4.69, 9.17) is 5.11 Å². The monoisotopic (exact) mass is 236 g/mol. The van der Waals surface area contributed by atoms with Gasteiger partial charge >= 0.3 is 12.1 Å². The molecule has 0 bridgehead atoms. The number of rotatable bonds is 3. The van der Waals surface area contributed by atoms with Crippen LogP contribution in [0.2, 0.25) is 0 Å². The van der Waals surface area contributed by atoms with Crippen LogP contribution in [0.15, 0.2) is 6.20 Å². The van der Waals surface area contributed by atoms with E-state index in [9.17, 15) is 18.0 Å². The second kappa shape index (κ2) is 4.15. The van der Waals surface area contributed by atoms with E-state index in [2.05, 4.69) is 5.10 Å². The number of carbonyl (C=O) groups is 1. The number of hydrogen-bond acceptors (Lipinski definition) is 2. The molecule has 0 aliphatic carbocycles. The third-order valence-corrected chi connectivity index (χ3v) is 2.21. The quantitative estimate of drug-likeness (QED) is 0.873. The molecule has 0 amide bonds. The molecule has 1 rings (SSSR count). The van der Waals surface area contributed by atoms with Gasteiger partial charge in [0.1, 0.15) is 0 Å². The van der Waals surface area contributed by atoms with Crippen molar-refractivity contribution in [3.8, 4) is 0 Å². The van der Waals surface area contributed by atoms with Crippen LogP contribution in [0, 0.1) is 0 Å². The molecule has 1 heterocycles. The normalized spacial score (nSPS) is 13.8. The predicted octanol–water partition coefficient (Wildman–Crippen LogP) is 2.02. The summed E-state index contributed by atoms with van der Waals surface area (Å²) in [7, 11) is 1.33. The van der Waals surface area contributed by atoms with Crippen LogP contribution in [0.5, 0.6) is 0 Å². The SMILES string of the molecule is CCC(C(=O)O)c1cn(C)nc1C(F)(F)F. The Morgan fingerprint density at radius 2 is 2.19 bits per heavy atom. The number of halogens is 3. The lowest BCUT2D eigenvalue weighted by Gasteiger charge is -2.11. The van der Waals surface area contributed by atoms with Crippen LogP contribution in [0.3, 0.4) is 0 Å². The molecule has 16 heavy (non-hydrogen) atoms. The maximum absolute atomic E-state index is 12.6. The molecule has 1 atom stereocenters. The predicted molar refractivity (Wildman–Crippen MR) is 48.9 cm³/mol. The van der Waals surface area contributed by atoms with Gasteiger partial charge in [-0.3, -0.25) is 9.48 Å². The van der Waals surface area contributed by atoms with Crippen LogP contribution < -0.4 is 0 Å². The molecule has 7 heteroatoms. The van der Waals surface area contributed by atoms with Crippen molar-refractivity contribution < 1.29 is 23.1 Å².